The molecule has 1 N–H and O–H groups in total. The summed E-state index contributed by atoms with van der Waals surface area (Å²) in [5, 5.41) is 3.10. The van der Waals surface area contributed by atoms with Gasteiger partial charge in [-0.3, -0.25) is 4.79 Å². The van der Waals surface area contributed by atoms with E-state index in [1.165, 1.54) is 19.4 Å². The van der Waals surface area contributed by atoms with Crippen molar-refractivity contribution in [3.05, 3.63) is 0 Å². The van der Waals surface area contributed by atoms with E-state index in [0.29, 0.717) is 24.3 Å². The molecule has 3 heteroatoms. The van der Waals surface area contributed by atoms with Gasteiger partial charge in [0.05, 0.1) is 0 Å². The number of nitrogens with zero attached hydrogens (tertiary/aromatic N) is 1. The molecule has 1 heterocycles. The Labute approximate surface area is 112 Å². The molecule has 0 aromatic heterocycles. The topological polar surface area (TPSA) is 32.3 Å². The second-order valence-electron chi connectivity index (χ2n) is 6.33. The number of carbonyl (C=O) groups excluding carboxylic acids is 1. The fourth-order valence-electron chi connectivity index (χ4n) is 2.50. The number of amides is 1. The van der Waals surface area contributed by atoms with Crippen molar-refractivity contribution in [1.29, 1.82) is 0 Å². The van der Waals surface area contributed by atoms with Crippen LogP contribution in [0, 0.1) is 11.8 Å². The summed E-state index contributed by atoms with van der Waals surface area (Å²) in [4.78, 5) is 14.2. The van der Waals surface area contributed by atoms with Gasteiger partial charge in [0.1, 0.15) is 0 Å². The summed E-state index contributed by atoms with van der Waals surface area (Å²) in [6, 6.07) is 0.629. The lowest BCUT2D eigenvalue weighted by Crippen LogP contribution is -2.43. The number of nitrogens with one attached hydrogen (secondary N) is 1. The normalized spacial score (nSPS) is 21.6. The summed E-state index contributed by atoms with van der Waals surface area (Å²) in [6.45, 7) is 12.1. The highest BCUT2D eigenvalue weighted by Crippen LogP contribution is 2.17. The van der Waals surface area contributed by atoms with Gasteiger partial charge in [0.2, 0.25) is 5.91 Å². The molecule has 1 saturated heterocycles. The number of rotatable bonds is 6. The molecule has 0 aliphatic carbocycles. The van der Waals surface area contributed by atoms with E-state index in [4.69, 9.17) is 0 Å². The van der Waals surface area contributed by atoms with Gasteiger partial charge >= 0.3 is 0 Å². The zero-order valence-electron chi connectivity index (χ0n) is 12.5. The van der Waals surface area contributed by atoms with Crippen molar-refractivity contribution in [3.8, 4) is 0 Å². The van der Waals surface area contributed by atoms with Crippen molar-refractivity contribution in [1.82, 2.24) is 10.2 Å². The highest BCUT2D eigenvalue weighted by Gasteiger charge is 2.21. The van der Waals surface area contributed by atoms with E-state index in [2.05, 4.69) is 37.9 Å². The highest BCUT2D eigenvalue weighted by molar-refractivity contribution is 5.75. The molecule has 0 aromatic carbocycles. The van der Waals surface area contributed by atoms with Crippen molar-refractivity contribution in [2.45, 2.75) is 59.4 Å². The molecule has 106 valence electrons. The first-order valence-corrected chi connectivity index (χ1v) is 7.49. The number of carbonyl (C=O) groups is 1. The van der Waals surface area contributed by atoms with Gasteiger partial charge in [0, 0.05) is 25.6 Å². The SMILES string of the molecule is CC(C)CCC(=O)NCC1CCCN(C(C)C)C1. The quantitative estimate of drug-likeness (QED) is 0.790. The van der Waals surface area contributed by atoms with Gasteiger partial charge in [0.15, 0.2) is 0 Å². The number of likely N-dealkylation sites (tertiary alicyclic amines) is 1. The van der Waals surface area contributed by atoms with Crippen LogP contribution in [0.3, 0.4) is 0 Å². The standard InChI is InChI=1S/C15H30N2O/c1-12(2)7-8-15(18)16-10-14-6-5-9-17(11-14)13(3)4/h12-14H,5-11H2,1-4H3,(H,16,18). The molecule has 0 aromatic rings. The molecule has 1 atom stereocenters. The Morgan fingerprint density at radius 3 is 2.67 bits per heavy atom. The summed E-state index contributed by atoms with van der Waals surface area (Å²) >= 11 is 0. The van der Waals surface area contributed by atoms with Gasteiger partial charge in [0.25, 0.3) is 0 Å². The summed E-state index contributed by atoms with van der Waals surface area (Å²) in [5.41, 5.74) is 0. The predicted octanol–water partition coefficient (Wildman–Crippen LogP) is 2.66. The molecule has 18 heavy (non-hydrogen) atoms. The minimum absolute atomic E-state index is 0.227. The Balaban J connectivity index is 2.20. The van der Waals surface area contributed by atoms with E-state index in [0.717, 1.165) is 19.5 Å². The minimum atomic E-state index is 0.227. The Bertz CT molecular complexity index is 251. The maximum Gasteiger partial charge on any atom is 0.220 e. The lowest BCUT2D eigenvalue weighted by atomic mass is 9.97. The molecule has 0 radical (unpaired) electrons. The van der Waals surface area contributed by atoms with Crippen LogP contribution >= 0.6 is 0 Å². The third-order valence-corrected chi connectivity index (χ3v) is 3.82. The number of hydrogen-bond donors (Lipinski definition) is 1. The summed E-state index contributed by atoms with van der Waals surface area (Å²) in [5.74, 6) is 1.48. The molecule has 1 rings (SSSR count). The van der Waals surface area contributed by atoms with Gasteiger partial charge in [-0.1, -0.05) is 13.8 Å². The number of piperidine rings is 1. The van der Waals surface area contributed by atoms with Crippen LogP contribution in [-0.2, 0) is 4.79 Å². The minimum Gasteiger partial charge on any atom is -0.356 e. The highest BCUT2D eigenvalue weighted by atomic mass is 16.1. The van der Waals surface area contributed by atoms with Crippen molar-refractivity contribution in [2.75, 3.05) is 19.6 Å². The molecule has 1 amide bonds. The maximum atomic E-state index is 11.7. The molecule has 0 saturated carbocycles. The molecular weight excluding hydrogens is 224 g/mol. The van der Waals surface area contributed by atoms with Crippen LogP contribution in [0.1, 0.15) is 53.4 Å². The fraction of sp³-hybridized carbons (Fsp3) is 0.933. The van der Waals surface area contributed by atoms with Crippen LogP contribution in [0.2, 0.25) is 0 Å². The van der Waals surface area contributed by atoms with Crippen molar-refractivity contribution in [2.24, 2.45) is 11.8 Å². The molecule has 1 aliphatic heterocycles. The smallest absolute Gasteiger partial charge is 0.220 e. The molecule has 1 unspecified atom stereocenters. The van der Waals surface area contributed by atoms with Crippen LogP contribution in [0.4, 0.5) is 0 Å². The van der Waals surface area contributed by atoms with E-state index < -0.39 is 0 Å². The molecule has 0 bridgehead atoms. The average molecular weight is 254 g/mol. The summed E-state index contributed by atoms with van der Waals surface area (Å²) in [6.07, 6.45) is 4.20. The van der Waals surface area contributed by atoms with Gasteiger partial charge in [-0.15, -0.1) is 0 Å². The van der Waals surface area contributed by atoms with Crippen molar-refractivity contribution in [3.63, 3.8) is 0 Å². The van der Waals surface area contributed by atoms with E-state index in [9.17, 15) is 4.79 Å². The predicted molar refractivity (Wildman–Crippen MR) is 76.5 cm³/mol. The van der Waals surface area contributed by atoms with Crippen LogP contribution < -0.4 is 5.32 Å². The van der Waals surface area contributed by atoms with Crippen LogP contribution in [0.5, 0.6) is 0 Å². The fourth-order valence-corrected chi connectivity index (χ4v) is 2.50. The molecule has 1 aliphatic rings. The second-order valence-corrected chi connectivity index (χ2v) is 6.33. The van der Waals surface area contributed by atoms with Crippen LogP contribution in [-0.4, -0.2) is 36.5 Å². The Morgan fingerprint density at radius 1 is 1.33 bits per heavy atom. The number of hydrogen-bond acceptors (Lipinski definition) is 2. The Kier molecular flexibility index (Phi) is 6.69. The first kappa shape index (κ1) is 15.5. The molecule has 1 fully saturated rings. The van der Waals surface area contributed by atoms with Crippen LogP contribution in [0.25, 0.3) is 0 Å². The van der Waals surface area contributed by atoms with E-state index >= 15 is 0 Å². The van der Waals surface area contributed by atoms with Crippen molar-refractivity contribution < 1.29 is 4.79 Å². The molecule has 0 spiro atoms. The largest absolute Gasteiger partial charge is 0.356 e. The zero-order valence-corrected chi connectivity index (χ0v) is 12.5. The molecule has 3 nitrogen and oxygen atoms in total. The summed E-state index contributed by atoms with van der Waals surface area (Å²) < 4.78 is 0. The summed E-state index contributed by atoms with van der Waals surface area (Å²) in [7, 11) is 0. The lowest BCUT2D eigenvalue weighted by molar-refractivity contribution is -0.121. The third kappa shape index (κ3) is 5.85. The Hall–Kier alpha value is -0.570. The maximum absolute atomic E-state index is 11.7. The average Bonchev–Trinajstić information content (AvgIpc) is 2.34. The van der Waals surface area contributed by atoms with Gasteiger partial charge in [-0.25, -0.2) is 0 Å². The van der Waals surface area contributed by atoms with E-state index in [1.54, 1.807) is 0 Å². The lowest BCUT2D eigenvalue weighted by Gasteiger charge is -2.35. The van der Waals surface area contributed by atoms with E-state index in [1.807, 2.05) is 0 Å². The van der Waals surface area contributed by atoms with Crippen molar-refractivity contribution >= 4 is 5.91 Å². The van der Waals surface area contributed by atoms with Gasteiger partial charge in [-0.2, -0.15) is 0 Å². The monoisotopic (exact) mass is 254 g/mol. The first-order valence-electron chi connectivity index (χ1n) is 7.49. The molecular formula is C15H30N2O. The second kappa shape index (κ2) is 7.78. The zero-order chi connectivity index (χ0) is 13.5. The Morgan fingerprint density at radius 2 is 2.06 bits per heavy atom. The van der Waals surface area contributed by atoms with E-state index in [-0.39, 0.29) is 5.91 Å². The van der Waals surface area contributed by atoms with Crippen LogP contribution in [0.15, 0.2) is 0 Å². The van der Waals surface area contributed by atoms with Gasteiger partial charge < -0.3 is 10.2 Å². The van der Waals surface area contributed by atoms with Gasteiger partial charge in [-0.05, 0) is 51.5 Å². The third-order valence-electron chi connectivity index (χ3n) is 3.82. The first-order chi connectivity index (χ1) is 8.49.